The van der Waals surface area contributed by atoms with Crippen LogP contribution in [0.1, 0.15) is 213 Å². The highest BCUT2D eigenvalue weighted by molar-refractivity contribution is 5.80. The molecule has 1 rings (SSSR count). The van der Waals surface area contributed by atoms with Crippen LogP contribution >= 0.6 is 0 Å². The topological polar surface area (TPSA) is 175 Å². The highest BCUT2D eigenvalue weighted by atomic mass is 16.7. The third-order valence-corrected chi connectivity index (χ3v) is 13.4. The van der Waals surface area contributed by atoms with Gasteiger partial charge in [-0.25, -0.2) is 0 Å². The van der Waals surface area contributed by atoms with Crippen molar-refractivity contribution in [2.24, 2.45) is 0 Å². The fourth-order valence-corrected chi connectivity index (χ4v) is 8.64. The lowest BCUT2D eigenvalue weighted by Crippen LogP contribution is -2.61. The third kappa shape index (κ3) is 40.9. The maximum absolute atomic E-state index is 13.4. The number of nitrogens with one attached hydrogen (secondary N) is 1. The van der Waals surface area contributed by atoms with Crippen LogP contribution in [0.25, 0.3) is 0 Å². The highest BCUT2D eigenvalue weighted by Gasteiger charge is 2.47. The summed E-state index contributed by atoms with van der Waals surface area (Å²) in [6.45, 7) is 5.47. The molecule has 8 atom stereocenters. The molecule has 1 aliphatic heterocycles. The Morgan fingerprint density at radius 1 is 0.526 bits per heavy atom. The first-order valence-corrected chi connectivity index (χ1v) is 30.5. The standard InChI is InChI=1S/C67H109NO10/c1-4-7-10-13-16-19-22-25-27-28-29-30-31-32-33-34-35-37-40-43-46-49-52-55-62(72)78-65-64(74)63(73)61(56-69)77-67(65)76-57-58(59(70)53-50-47-44-41-38-24-21-18-15-12-9-6-3)68-66(75)60(71)54-51-48-45-42-39-36-26-23-20-17-14-11-8-5-2/h7-8,10-11,14,16-17,19-20,23,25-27,29-30,32-33,36,39,42,50,53,58-61,63-65,67,69-71,73-74H,4-6,9,12-13,15,18,21-22,24,28,31,34-35,37-38,40-41,43-49,51-52,54-57H2,1-3H3,(H,68,75)/b10-7-,11-8+,17-14+,19-16-,23-20-,27-25-,30-29-,33-32-,36-26-,42-39+,53-50+. The minimum Gasteiger partial charge on any atom is -0.454 e. The fraction of sp³-hybridized carbons (Fsp3) is 0.642. The lowest BCUT2D eigenvalue weighted by Gasteiger charge is -2.41. The van der Waals surface area contributed by atoms with E-state index in [1.807, 2.05) is 60.8 Å². The van der Waals surface area contributed by atoms with Crippen molar-refractivity contribution >= 4 is 11.9 Å². The van der Waals surface area contributed by atoms with Gasteiger partial charge in [0, 0.05) is 6.42 Å². The van der Waals surface area contributed by atoms with Crippen molar-refractivity contribution in [3.63, 3.8) is 0 Å². The predicted octanol–water partition coefficient (Wildman–Crippen LogP) is 14.4. The van der Waals surface area contributed by atoms with E-state index in [1.54, 1.807) is 6.08 Å². The summed E-state index contributed by atoms with van der Waals surface area (Å²) in [5.41, 5.74) is 0. The van der Waals surface area contributed by atoms with E-state index in [0.717, 1.165) is 122 Å². The molecule has 0 spiro atoms. The normalized spacial score (nSPS) is 19.9. The van der Waals surface area contributed by atoms with Gasteiger partial charge in [0.1, 0.15) is 24.4 Å². The van der Waals surface area contributed by atoms with E-state index in [9.17, 15) is 35.1 Å². The van der Waals surface area contributed by atoms with Crippen molar-refractivity contribution in [1.82, 2.24) is 5.32 Å². The Morgan fingerprint density at radius 3 is 1.54 bits per heavy atom. The molecule has 78 heavy (non-hydrogen) atoms. The van der Waals surface area contributed by atoms with Crippen molar-refractivity contribution in [2.45, 2.75) is 262 Å². The maximum Gasteiger partial charge on any atom is 0.306 e. The summed E-state index contributed by atoms with van der Waals surface area (Å²) >= 11 is 0. The van der Waals surface area contributed by atoms with E-state index in [0.29, 0.717) is 12.8 Å². The van der Waals surface area contributed by atoms with Gasteiger partial charge in [0.2, 0.25) is 5.91 Å². The summed E-state index contributed by atoms with van der Waals surface area (Å²) in [7, 11) is 0. The first-order valence-electron chi connectivity index (χ1n) is 30.5. The third-order valence-electron chi connectivity index (χ3n) is 13.4. The smallest absolute Gasteiger partial charge is 0.306 e. The van der Waals surface area contributed by atoms with Crippen LogP contribution < -0.4 is 5.32 Å². The molecule has 11 heteroatoms. The number of carbonyl (C=O) groups is 2. The summed E-state index contributed by atoms with van der Waals surface area (Å²) < 4.78 is 17.6. The molecule has 0 aromatic heterocycles. The van der Waals surface area contributed by atoms with Crippen molar-refractivity contribution < 1.29 is 49.3 Å². The number of hydrogen-bond donors (Lipinski definition) is 6. The van der Waals surface area contributed by atoms with Crippen LogP contribution in [0.15, 0.2) is 134 Å². The molecule has 1 saturated heterocycles. The van der Waals surface area contributed by atoms with Crippen LogP contribution in [0, 0.1) is 0 Å². The minimum absolute atomic E-state index is 0.0965. The number of amides is 1. The molecule has 11 nitrogen and oxygen atoms in total. The molecule has 0 aromatic carbocycles. The largest absolute Gasteiger partial charge is 0.454 e. The van der Waals surface area contributed by atoms with E-state index in [-0.39, 0.29) is 19.4 Å². The van der Waals surface area contributed by atoms with E-state index in [4.69, 9.17) is 14.2 Å². The molecular weight excluding hydrogens is 979 g/mol. The minimum atomic E-state index is -1.64. The summed E-state index contributed by atoms with van der Waals surface area (Å²) in [6, 6.07) is -1.06. The number of aliphatic hydroxyl groups excluding tert-OH is 5. The number of aliphatic hydroxyl groups is 5. The van der Waals surface area contributed by atoms with Gasteiger partial charge in [-0.2, -0.15) is 0 Å². The zero-order chi connectivity index (χ0) is 56.8. The number of allylic oxidation sites excluding steroid dienone is 21. The number of ether oxygens (including phenoxy) is 3. The molecule has 1 heterocycles. The van der Waals surface area contributed by atoms with E-state index in [1.165, 1.54) is 44.9 Å². The van der Waals surface area contributed by atoms with Gasteiger partial charge < -0.3 is 45.1 Å². The molecule has 0 aliphatic carbocycles. The van der Waals surface area contributed by atoms with Crippen molar-refractivity contribution in [3.8, 4) is 0 Å². The molecule has 1 fully saturated rings. The second-order valence-corrected chi connectivity index (χ2v) is 20.4. The Bertz CT molecular complexity index is 1770. The first-order chi connectivity index (χ1) is 38.2. The fourth-order valence-electron chi connectivity index (χ4n) is 8.64. The zero-order valence-corrected chi connectivity index (χ0v) is 48.7. The molecule has 0 aromatic rings. The Hall–Kier alpha value is -4.20. The average Bonchev–Trinajstić information content (AvgIpc) is 3.45. The second-order valence-electron chi connectivity index (χ2n) is 20.4. The molecule has 8 unspecified atom stereocenters. The van der Waals surface area contributed by atoms with Gasteiger partial charge >= 0.3 is 5.97 Å². The number of rotatable bonds is 49. The summed E-state index contributed by atoms with van der Waals surface area (Å²) in [5.74, 6) is -1.26. The Kier molecular flexibility index (Phi) is 49.2. The molecule has 442 valence electrons. The monoisotopic (exact) mass is 1090 g/mol. The van der Waals surface area contributed by atoms with Crippen LogP contribution in [-0.2, 0) is 23.8 Å². The van der Waals surface area contributed by atoms with E-state index < -0.39 is 67.4 Å². The summed E-state index contributed by atoms with van der Waals surface area (Å²) in [4.78, 5) is 26.5. The maximum atomic E-state index is 13.4. The lowest BCUT2D eigenvalue weighted by molar-refractivity contribution is -0.305. The molecule has 0 radical (unpaired) electrons. The van der Waals surface area contributed by atoms with Gasteiger partial charge in [-0.3, -0.25) is 9.59 Å². The lowest BCUT2D eigenvalue weighted by atomic mass is 9.99. The van der Waals surface area contributed by atoms with Crippen LogP contribution in [-0.4, -0.2) is 99.6 Å². The quantitative estimate of drug-likeness (QED) is 0.0149. The highest BCUT2D eigenvalue weighted by Crippen LogP contribution is 2.26. The number of carbonyl (C=O) groups excluding carboxylic acids is 2. The summed E-state index contributed by atoms with van der Waals surface area (Å²) in [6.07, 6.45) is 64.9. The molecule has 0 saturated carbocycles. The number of esters is 1. The van der Waals surface area contributed by atoms with Crippen LogP contribution in [0.2, 0.25) is 0 Å². The number of unbranched alkanes of at least 4 members (excludes halogenated alkanes) is 19. The van der Waals surface area contributed by atoms with Gasteiger partial charge in [0.05, 0.1) is 25.4 Å². The molecule has 0 bridgehead atoms. The summed E-state index contributed by atoms with van der Waals surface area (Å²) in [5, 5.41) is 56.9. The zero-order valence-electron chi connectivity index (χ0n) is 48.7. The average molecular weight is 1090 g/mol. The Morgan fingerprint density at radius 2 is 0.987 bits per heavy atom. The second kappa shape index (κ2) is 53.4. The number of hydrogen-bond acceptors (Lipinski definition) is 10. The molecular formula is C67H109NO10. The SMILES string of the molecule is CC/C=C\C/C=C\C/C=C\C/C=C\C/C=C\CCCCCCCCCC(=O)OC1C(OCC(NC(=O)C(O)CCCC/C=C/C=C\C=C/C=C/C=C/CC)C(O)/C=C/CCCCCCCCCCCC)OC(CO)C(O)C1O. The van der Waals surface area contributed by atoms with Crippen molar-refractivity contribution in [1.29, 1.82) is 0 Å². The van der Waals surface area contributed by atoms with E-state index in [2.05, 4.69) is 92.9 Å². The van der Waals surface area contributed by atoms with Crippen LogP contribution in [0.4, 0.5) is 0 Å². The van der Waals surface area contributed by atoms with Gasteiger partial charge in [-0.15, -0.1) is 0 Å². The van der Waals surface area contributed by atoms with Crippen molar-refractivity contribution in [3.05, 3.63) is 134 Å². The van der Waals surface area contributed by atoms with Gasteiger partial charge in [-0.1, -0.05) is 251 Å². The first kappa shape index (κ1) is 71.8. The van der Waals surface area contributed by atoms with Crippen LogP contribution in [0.5, 0.6) is 0 Å². The molecule has 6 N–H and O–H groups in total. The van der Waals surface area contributed by atoms with E-state index >= 15 is 0 Å². The van der Waals surface area contributed by atoms with Gasteiger partial charge in [0.15, 0.2) is 12.4 Å². The Labute approximate surface area is 473 Å². The van der Waals surface area contributed by atoms with Crippen LogP contribution in [0.3, 0.4) is 0 Å². The Balaban J connectivity index is 2.70. The molecule has 1 amide bonds. The van der Waals surface area contributed by atoms with Gasteiger partial charge in [0.25, 0.3) is 0 Å². The predicted molar refractivity (Wildman–Crippen MR) is 324 cm³/mol. The van der Waals surface area contributed by atoms with Crippen molar-refractivity contribution in [2.75, 3.05) is 13.2 Å². The molecule has 1 aliphatic rings. The van der Waals surface area contributed by atoms with Gasteiger partial charge in [-0.05, 0) is 89.9 Å².